The number of nitrogens with one attached hydrogen (secondary N) is 1. The van der Waals surface area contributed by atoms with E-state index < -0.39 is 18.7 Å². The van der Waals surface area contributed by atoms with Crippen LogP contribution in [-0.4, -0.2) is 18.6 Å². The van der Waals surface area contributed by atoms with E-state index >= 15 is 0 Å². The van der Waals surface area contributed by atoms with E-state index in [1.807, 2.05) is 0 Å². The molecule has 0 bridgehead atoms. The van der Waals surface area contributed by atoms with Gasteiger partial charge in [-0.05, 0) is 19.9 Å². The first kappa shape index (κ1) is 14.4. The fourth-order valence-electron chi connectivity index (χ4n) is 1.46. The van der Waals surface area contributed by atoms with Gasteiger partial charge in [-0.25, -0.2) is 0 Å². The van der Waals surface area contributed by atoms with Crippen molar-refractivity contribution >= 4 is 5.91 Å². The van der Waals surface area contributed by atoms with Gasteiger partial charge in [0.25, 0.3) is 0 Å². The predicted molar refractivity (Wildman–Crippen MR) is 63.3 cm³/mol. The highest BCUT2D eigenvalue weighted by Crippen LogP contribution is 2.26. The van der Waals surface area contributed by atoms with Crippen LogP contribution in [0.2, 0.25) is 0 Å². The van der Waals surface area contributed by atoms with E-state index in [2.05, 4.69) is 10.1 Å². The number of amides is 1. The summed E-state index contributed by atoms with van der Waals surface area (Å²) in [6.45, 7) is 0.319. The molecule has 0 radical (unpaired) electrons. The molecule has 0 aromatic heterocycles. The van der Waals surface area contributed by atoms with Crippen LogP contribution < -0.4 is 15.8 Å². The van der Waals surface area contributed by atoms with Gasteiger partial charge in [0.05, 0.1) is 12.1 Å². The number of nitrogens with two attached hydrogens (primary N) is 1. The van der Waals surface area contributed by atoms with Crippen molar-refractivity contribution in [3.05, 3.63) is 29.8 Å². The lowest BCUT2D eigenvalue weighted by Gasteiger charge is -2.19. The maximum absolute atomic E-state index is 12.2. The monoisotopic (exact) mass is 258 g/mol. The van der Waals surface area contributed by atoms with Gasteiger partial charge in [-0.1, -0.05) is 18.2 Å². The van der Waals surface area contributed by atoms with Crippen molar-refractivity contribution in [3.8, 4) is 5.75 Å². The van der Waals surface area contributed by atoms with Crippen LogP contribution in [0.3, 0.4) is 0 Å². The van der Waals surface area contributed by atoms with Crippen LogP contribution >= 0.6 is 0 Å². The van der Waals surface area contributed by atoms with Crippen molar-refractivity contribution in [2.75, 3.05) is 0 Å². The molecule has 1 rings (SSSR count). The second-order valence-electron chi connectivity index (χ2n) is 3.94. The molecular formula is C12H16F2N2O2. The van der Waals surface area contributed by atoms with Crippen LogP contribution in [0.15, 0.2) is 24.3 Å². The Bertz CT molecular complexity index is 411. The lowest BCUT2D eigenvalue weighted by molar-refractivity contribution is -0.122. The third-order valence-electron chi connectivity index (χ3n) is 2.37. The molecule has 0 saturated carbocycles. The van der Waals surface area contributed by atoms with E-state index in [4.69, 9.17) is 5.73 Å². The van der Waals surface area contributed by atoms with Crippen LogP contribution in [0.1, 0.15) is 25.5 Å². The second-order valence-corrected chi connectivity index (χ2v) is 3.94. The SMILES string of the molecule is CC(NC(=O)[C@H](C)N)c1ccccc1OC(F)F. The number of ether oxygens (including phenoxy) is 1. The molecule has 1 amide bonds. The molecule has 0 spiro atoms. The van der Waals surface area contributed by atoms with E-state index in [1.165, 1.54) is 6.07 Å². The molecule has 1 aromatic carbocycles. The first-order valence-electron chi connectivity index (χ1n) is 5.51. The van der Waals surface area contributed by atoms with E-state index in [1.54, 1.807) is 32.0 Å². The Morgan fingerprint density at radius 3 is 2.50 bits per heavy atom. The van der Waals surface area contributed by atoms with Crippen LogP contribution in [0.25, 0.3) is 0 Å². The van der Waals surface area contributed by atoms with Crippen molar-refractivity contribution in [1.82, 2.24) is 5.32 Å². The van der Waals surface area contributed by atoms with Gasteiger partial charge in [0.2, 0.25) is 5.91 Å². The molecule has 0 saturated heterocycles. The molecule has 1 unspecified atom stereocenters. The van der Waals surface area contributed by atoms with E-state index in [0.29, 0.717) is 5.56 Å². The maximum atomic E-state index is 12.2. The van der Waals surface area contributed by atoms with Crippen molar-refractivity contribution in [1.29, 1.82) is 0 Å². The number of carbonyl (C=O) groups is 1. The van der Waals surface area contributed by atoms with Crippen LogP contribution in [0.5, 0.6) is 5.75 Å². The Morgan fingerprint density at radius 2 is 1.94 bits per heavy atom. The summed E-state index contributed by atoms with van der Waals surface area (Å²) in [5, 5.41) is 2.62. The van der Waals surface area contributed by atoms with Gasteiger partial charge in [0.15, 0.2) is 0 Å². The summed E-state index contributed by atoms with van der Waals surface area (Å²) in [5.41, 5.74) is 5.90. The van der Waals surface area contributed by atoms with Gasteiger partial charge in [-0.2, -0.15) is 8.78 Å². The molecule has 6 heteroatoms. The zero-order valence-corrected chi connectivity index (χ0v) is 10.2. The number of rotatable bonds is 5. The topological polar surface area (TPSA) is 64.4 Å². The molecular weight excluding hydrogens is 242 g/mol. The third-order valence-corrected chi connectivity index (χ3v) is 2.37. The summed E-state index contributed by atoms with van der Waals surface area (Å²) in [4.78, 5) is 11.4. The quantitative estimate of drug-likeness (QED) is 0.846. The standard InChI is InChI=1S/C12H16F2N2O2/c1-7(15)11(17)16-8(2)9-5-3-4-6-10(9)18-12(13)14/h3-8,12H,15H2,1-2H3,(H,16,17)/t7-,8?/m0/s1. The largest absolute Gasteiger partial charge is 0.434 e. The summed E-state index contributed by atoms with van der Waals surface area (Å²) >= 11 is 0. The molecule has 1 aromatic rings. The number of halogens is 2. The molecule has 0 aliphatic carbocycles. The molecule has 0 fully saturated rings. The average Bonchev–Trinajstić information content (AvgIpc) is 2.28. The summed E-state index contributed by atoms with van der Waals surface area (Å²) in [6.07, 6.45) is 0. The molecule has 0 aliphatic heterocycles. The Balaban J connectivity index is 2.84. The molecule has 3 N–H and O–H groups in total. The Hall–Kier alpha value is -1.69. The molecule has 2 atom stereocenters. The highest BCUT2D eigenvalue weighted by atomic mass is 19.3. The number of hydrogen-bond donors (Lipinski definition) is 2. The van der Waals surface area contributed by atoms with E-state index in [0.717, 1.165) is 0 Å². The van der Waals surface area contributed by atoms with Gasteiger partial charge >= 0.3 is 6.61 Å². The Kier molecular flexibility index (Phi) is 5.03. The van der Waals surface area contributed by atoms with Gasteiger partial charge in [0, 0.05) is 5.56 Å². The van der Waals surface area contributed by atoms with Crippen LogP contribution in [0.4, 0.5) is 8.78 Å². The second kappa shape index (κ2) is 6.30. The smallest absolute Gasteiger partial charge is 0.387 e. The normalized spacial score (nSPS) is 14.1. The minimum absolute atomic E-state index is 0.0463. The molecule has 0 aliphatic rings. The average molecular weight is 258 g/mol. The van der Waals surface area contributed by atoms with Gasteiger partial charge in [-0.15, -0.1) is 0 Å². The minimum Gasteiger partial charge on any atom is -0.434 e. The predicted octanol–water partition coefficient (Wildman–Crippen LogP) is 1.81. The highest BCUT2D eigenvalue weighted by molar-refractivity contribution is 5.81. The first-order valence-corrected chi connectivity index (χ1v) is 5.51. The first-order chi connectivity index (χ1) is 8.41. The van der Waals surface area contributed by atoms with Crippen molar-refractivity contribution in [2.24, 2.45) is 5.73 Å². The van der Waals surface area contributed by atoms with Crippen molar-refractivity contribution < 1.29 is 18.3 Å². The minimum atomic E-state index is -2.90. The number of hydrogen-bond acceptors (Lipinski definition) is 3. The highest BCUT2D eigenvalue weighted by Gasteiger charge is 2.17. The fourth-order valence-corrected chi connectivity index (χ4v) is 1.46. The van der Waals surface area contributed by atoms with Gasteiger partial charge in [0.1, 0.15) is 5.75 Å². The van der Waals surface area contributed by atoms with Crippen molar-refractivity contribution in [3.63, 3.8) is 0 Å². The zero-order valence-electron chi connectivity index (χ0n) is 10.2. The fraction of sp³-hybridized carbons (Fsp3) is 0.417. The molecule has 18 heavy (non-hydrogen) atoms. The summed E-state index contributed by atoms with van der Waals surface area (Å²) in [7, 11) is 0. The van der Waals surface area contributed by atoms with Gasteiger partial charge in [-0.3, -0.25) is 4.79 Å². The lowest BCUT2D eigenvalue weighted by atomic mass is 10.1. The maximum Gasteiger partial charge on any atom is 0.387 e. The van der Waals surface area contributed by atoms with Crippen molar-refractivity contribution in [2.45, 2.75) is 32.5 Å². The number of para-hydroxylation sites is 1. The molecule has 0 heterocycles. The third kappa shape index (κ3) is 3.96. The summed E-state index contributed by atoms with van der Waals surface area (Å²) in [6, 6.07) is 5.19. The van der Waals surface area contributed by atoms with E-state index in [9.17, 15) is 13.6 Å². The number of benzene rings is 1. The Labute approximate surface area is 104 Å². The number of carbonyl (C=O) groups excluding carboxylic acids is 1. The summed E-state index contributed by atoms with van der Waals surface area (Å²) in [5.74, 6) is -0.306. The lowest BCUT2D eigenvalue weighted by Crippen LogP contribution is -2.39. The Morgan fingerprint density at radius 1 is 1.33 bits per heavy atom. The number of alkyl halides is 2. The van der Waals surface area contributed by atoms with Crippen LogP contribution in [-0.2, 0) is 4.79 Å². The van der Waals surface area contributed by atoms with Gasteiger partial charge < -0.3 is 15.8 Å². The molecule has 100 valence electrons. The molecule has 4 nitrogen and oxygen atoms in total. The zero-order chi connectivity index (χ0) is 13.7. The van der Waals surface area contributed by atoms with Crippen LogP contribution in [0, 0.1) is 0 Å². The summed E-state index contributed by atoms with van der Waals surface area (Å²) < 4.78 is 28.8. The van der Waals surface area contributed by atoms with E-state index in [-0.39, 0.29) is 11.7 Å².